The summed E-state index contributed by atoms with van der Waals surface area (Å²) < 4.78 is 16.5. The second-order valence-corrected chi connectivity index (χ2v) is 6.03. The smallest absolute Gasteiger partial charge is 0.287 e. The molecule has 122 valence electrons. The Hall–Kier alpha value is -2.43. The number of aryl methyl sites for hydroxylation is 1. The van der Waals surface area contributed by atoms with Crippen molar-refractivity contribution in [1.29, 1.82) is 0 Å². The van der Waals surface area contributed by atoms with Gasteiger partial charge in [-0.1, -0.05) is 19.9 Å². The maximum absolute atomic E-state index is 12.4. The Morgan fingerprint density at radius 2 is 1.87 bits per heavy atom. The fourth-order valence-electron chi connectivity index (χ4n) is 2.70. The topological polar surface area (TPSA) is 60.7 Å². The van der Waals surface area contributed by atoms with Gasteiger partial charge in [-0.15, -0.1) is 0 Å². The first kappa shape index (κ1) is 15.5. The Morgan fingerprint density at radius 1 is 1.13 bits per heavy atom. The molecule has 0 bridgehead atoms. The lowest BCUT2D eigenvalue weighted by atomic mass is 9.95. The van der Waals surface area contributed by atoms with Crippen molar-refractivity contribution in [2.75, 3.05) is 13.2 Å². The number of furan rings is 1. The lowest BCUT2D eigenvalue weighted by Gasteiger charge is -2.25. The number of amides is 1. The highest BCUT2D eigenvalue weighted by Crippen LogP contribution is 2.34. The third-order valence-corrected chi connectivity index (χ3v) is 3.95. The van der Waals surface area contributed by atoms with Crippen LogP contribution in [0.25, 0.3) is 0 Å². The first-order valence-corrected chi connectivity index (χ1v) is 7.80. The van der Waals surface area contributed by atoms with E-state index in [-0.39, 0.29) is 17.9 Å². The number of hydrogen-bond acceptors (Lipinski definition) is 4. The van der Waals surface area contributed by atoms with Gasteiger partial charge < -0.3 is 19.2 Å². The molecule has 1 amide bonds. The summed E-state index contributed by atoms with van der Waals surface area (Å²) in [5.41, 5.74) is 1.81. The van der Waals surface area contributed by atoms with E-state index in [4.69, 9.17) is 13.9 Å². The molecule has 1 aliphatic heterocycles. The van der Waals surface area contributed by atoms with Crippen molar-refractivity contribution in [2.24, 2.45) is 5.92 Å². The van der Waals surface area contributed by atoms with Gasteiger partial charge in [-0.25, -0.2) is 0 Å². The molecule has 5 nitrogen and oxygen atoms in total. The summed E-state index contributed by atoms with van der Waals surface area (Å²) in [6.45, 7) is 7.09. The van der Waals surface area contributed by atoms with Crippen LogP contribution in [0, 0.1) is 12.8 Å². The van der Waals surface area contributed by atoms with Crippen LogP contribution in [-0.2, 0) is 0 Å². The molecule has 0 saturated heterocycles. The Morgan fingerprint density at radius 3 is 2.52 bits per heavy atom. The maximum atomic E-state index is 12.4. The van der Waals surface area contributed by atoms with Crippen molar-refractivity contribution in [3.05, 3.63) is 47.4 Å². The van der Waals surface area contributed by atoms with Crippen LogP contribution in [-0.4, -0.2) is 19.1 Å². The van der Waals surface area contributed by atoms with E-state index in [1.54, 1.807) is 6.07 Å². The molecule has 1 unspecified atom stereocenters. The Labute approximate surface area is 135 Å². The monoisotopic (exact) mass is 315 g/mol. The van der Waals surface area contributed by atoms with Crippen molar-refractivity contribution in [2.45, 2.75) is 26.8 Å². The van der Waals surface area contributed by atoms with Crippen LogP contribution in [0.5, 0.6) is 11.5 Å². The zero-order valence-corrected chi connectivity index (χ0v) is 13.6. The van der Waals surface area contributed by atoms with Gasteiger partial charge in [0.2, 0.25) is 0 Å². The van der Waals surface area contributed by atoms with Crippen LogP contribution in [0.2, 0.25) is 0 Å². The molecule has 0 spiro atoms. The summed E-state index contributed by atoms with van der Waals surface area (Å²) in [6.07, 6.45) is 1.53. The number of nitrogens with one attached hydrogen (secondary N) is 1. The third-order valence-electron chi connectivity index (χ3n) is 3.95. The first-order chi connectivity index (χ1) is 11.1. The summed E-state index contributed by atoms with van der Waals surface area (Å²) in [5, 5.41) is 3.05. The van der Waals surface area contributed by atoms with Crippen molar-refractivity contribution < 1.29 is 18.7 Å². The van der Waals surface area contributed by atoms with Crippen LogP contribution >= 0.6 is 0 Å². The number of carbonyl (C=O) groups excluding carboxylic acids is 1. The number of hydrogen-bond donors (Lipinski definition) is 1. The second kappa shape index (κ2) is 6.36. The summed E-state index contributed by atoms with van der Waals surface area (Å²) in [7, 11) is 0. The molecule has 23 heavy (non-hydrogen) atoms. The van der Waals surface area contributed by atoms with Gasteiger partial charge in [-0.2, -0.15) is 0 Å². The summed E-state index contributed by atoms with van der Waals surface area (Å²) in [6, 6.07) is 7.44. The summed E-state index contributed by atoms with van der Waals surface area (Å²) in [4.78, 5) is 12.4. The predicted molar refractivity (Wildman–Crippen MR) is 85.9 cm³/mol. The number of ether oxygens (including phenoxy) is 2. The van der Waals surface area contributed by atoms with Crippen LogP contribution in [0.4, 0.5) is 0 Å². The van der Waals surface area contributed by atoms with E-state index in [1.807, 2.05) is 25.1 Å². The quantitative estimate of drug-likeness (QED) is 0.938. The van der Waals surface area contributed by atoms with Gasteiger partial charge in [0.15, 0.2) is 17.3 Å². The molecule has 5 heteroatoms. The van der Waals surface area contributed by atoms with Crippen molar-refractivity contribution in [3.8, 4) is 11.5 Å². The largest absolute Gasteiger partial charge is 0.486 e. The second-order valence-electron chi connectivity index (χ2n) is 6.03. The van der Waals surface area contributed by atoms with E-state index in [1.165, 1.54) is 6.26 Å². The molecule has 0 radical (unpaired) electrons. The first-order valence-electron chi connectivity index (χ1n) is 7.80. The number of fused-ring (bicyclic) bond motifs is 1. The van der Waals surface area contributed by atoms with Gasteiger partial charge in [0, 0.05) is 5.56 Å². The van der Waals surface area contributed by atoms with Crippen molar-refractivity contribution in [3.63, 3.8) is 0 Å². The Kier molecular flexibility index (Phi) is 4.28. The standard InChI is InChI=1S/C18H21NO4/c1-11(2)16(19-18(20)17-12(3)6-7-23-17)13-4-5-14-15(10-13)22-9-8-21-14/h4-7,10-11,16H,8-9H2,1-3H3,(H,19,20). The highest BCUT2D eigenvalue weighted by Gasteiger charge is 2.23. The maximum Gasteiger partial charge on any atom is 0.287 e. The predicted octanol–water partition coefficient (Wildman–Crippen LogP) is 3.49. The lowest BCUT2D eigenvalue weighted by molar-refractivity contribution is 0.0896. The van der Waals surface area contributed by atoms with Crippen LogP contribution in [0.3, 0.4) is 0 Å². The minimum Gasteiger partial charge on any atom is -0.486 e. The molecule has 2 aromatic rings. The highest BCUT2D eigenvalue weighted by atomic mass is 16.6. The van der Waals surface area contributed by atoms with E-state index < -0.39 is 0 Å². The fourth-order valence-corrected chi connectivity index (χ4v) is 2.70. The van der Waals surface area contributed by atoms with E-state index >= 15 is 0 Å². The molecule has 2 heterocycles. The van der Waals surface area contributed by atoms with Gasteiger partial charge in [0.25, 0.3) is 5.91 Å². The highest BCUT2D eigenvalue weighted by molar-refractivity contribution is 5.93. The SMILES string of the molecule is Cc1ccoc1C(=O)NC(c1ccc2c(c1)OCCO2)C(C)C. The van der Waals surface area contributed by atoms with Crippen molar-refractivity contribution >= 4 is 5.91 Å². The van der Waals surface area contributed by atoms with E-state index in [9.17, 15) is 4.79 Å². The molecule has 1 aliphatic rings. The lowest BCUT2D eigenvalue weighted by Crippen LogP contribution is -2.32. The molecule has 3 rings (SSSR count). The summed E-state index contributed by atoms with van der Waals surface area (Å²) in [5.74, 6) is 1.84. The minimum atomic E-state index is -0.207. The Bertz CT molecular complexity index is 705. The molecule has 0 fully saturated rings. The van der Waals surface area contributed by atoms with Crippen LogP contribution in [0.15, 0.2) is 34.9 Å². The molecule has 0 aliphatic carbocycles. The molecule has 1 atom stereocenters. The van der Waals surface area contributed by atoms with Crippen molar-refractivity contribution in [1.82, 2.24) is 5.32 Å². The van der Waals surface area contributed by atoms with Crippen LogP contribution in [0.1, 0.15) is 41.6 Å². The van der Waals surface area contributed by atoms with Gasteiger partial charge >= 0.3 is 0 Å². The number of rotatable bonds is 4. The molecular formula is C18H21NO4. The van der Waals surface area contributed by atoms with E-state index in [0.717, 1.165) is 22.6 Å². The zero-order valence-electron chi connectivity index (χ0n) is 13.6. The zero-order chi connectivity index (χ0) is 16.4. The van der Waals surface area contributed by atoms with E-state index in [2.05, 4.69) is 19.2 Å². The number of benzene rings is 1. The third kappa shape index (κ3) is 3.18. The summed E-state index contributed by atoms with van der Waals surface area (Å²) >= 11 is 0. The molecule has 1 aromatic carbocycles. The van der Waals surface area contributed by atoms with E-state index in [0.29, 0.717) is 19.0 Å². The fraction of sp³-hybridized carbons (Fsp3) is 0.389. The molecule has 1 aromatic heterocycles. The van der Waals surface area contributed by atoms with Gasteiger partial charge in [0.05, 0.1) is 12.3 Å². The minimum absolute atomic E-state index is 0.136. The molecular weight excluding hydrogens is 294 g/mol. The average molecular weight is 315 g/mol. The Balaban J connectivity index is 1.84. The molecule has 1 N–H and O–H groups in total. The molecule has 0 saturated carbocycles. The number of carbonyl (C=O) groups is 1. The average Bonchev–Trinajstić information content (AvgIpc) is 2.98. The van der Waals surface area contributed by atoms with Gasteiger partial charge in [-0.3, -0.25) is 4.79 Å². The van der Waals surface area contributed by atoms with Gasteiger partial charge in [-0.05, 0) is 36.6 Å². The normalized spacial score (nSPS) is 14.6. The van der Waals surface area contributed by atoms with Crippen LogP contribution < -0.4 is 14.8 Å². The van der Waals surface area contributed by atoms with Gasteiger partial charge in [0.1, 0.15) is 13.2 Å².